The van der Waals surface area contributed by atoms with Gasteiger partial charge in [0.1, 0.15) is 5.82 Å². The van der Waals surface area contributed by atoms with E-state index in [1.165, 1.54) is 0 Å². The van der Waals surface area contributed by atoms with Gasteiger partial charge in [0, 0.05) is 36.1 Å². The molecular weight excluding hydrogens is 314 g/mol. The van der Waals surface area contributed by atoms with Gasteiger partial charge in [-0.2, -0.15) is 10.1 Å². The number of benzene rings is 1. The summed E-state index contributed by atoms with van der Waals surface area (Å²) in [6, 6.07) is 11.9. The van der Waals surface area contributed by atoms with Crippen LogP contribution >= 0.6 is 0 Å². The number of hydrogen-bond donors (Lipinski definition) is 3. The molecule has 0 fully saturated rings. The molecule has 4 rings (SSSR count). The monoisotopic (exact) mass is 335 g/mol. The number of H-pyrrole nitrogens is 1. The van der Waals surface area contributed by atoms with Crippen molar-refractivity contribution in [1.82, 2.24) is 25.1 Å². The maximum atomic E-state index is 4.73. The Labute approximate surface area is 146 Å². The van der Waals surface area contributed by atoms with E-state index in [0.29, 0.717) is 5.95 Å². The molecule has 0 unspecified atom stereocenters. The van der Waals surface area contributed by atoms with Crippen molar-refractivity contribution < 1.29 is 0 Å². The van der Waals surface area contributed by atoms with E-state index >= 15 is 0 Å². The second-order valence-corrected chi connectivity index (χ2v) is 6.36. The van der Waals surface area contributed by atoms with E-state index in [1.54, 1.807) is 0 Å². The summed E-state index contributed by atoms with van der Waals surface area (Å²) in [5, 5.41) is 13.8. The number of aryl methyl sites for hydroxylation is 1. The number of aromatic nitrogens is 4. The summed E-state index contributed by atoms with van der Waals surface area (Å²) in [5.74, 6) is 2.18. The van der Waals surface area contributed by atoms with Crippen LogP contribution in [0.3, 0.4) is 0 Å². The topological polar surface area (TPSA) is 81.8 Å². The molecule has 0 saturated carbocycles. The number of nitrogens with one attached hydrogen (secondary N) is 3. The minimum atomic E-state index is 0.593. The lowest BCUT2D eigenvalue weighted by atomic mass is 10.1. The Kier molecular flexibility index (Phi) is 4.07. The van der Waals surface area contributed by atoms with Crippen LogP contribution in [0.25, 0.3) is 0 Å². The first kappa shape index (κ1) is 15.6. The molecule has 1 aromatic carbocycles. The van der Waals surface area contributed by atoms with E-state index in [9.17, 15) is 0 Å². The van der Waals surface area contributed by atoms with Gasteiger partial charge in [0.2, 0.25) is 5.95 Å². The van der Waals surface area contributed by atoms with Crippen LogP contribution in [0.4, 0.5) is 23.3 Å². The Balaban J connectivity index is 1.70. The molecule has 1 aliphatic heterocycles. The number of anilines is 4. The van der Waals surface area contributed by atoms with Crippen LogP contribution in [0, 0.1) is 6.92 Å². The molecule has 0 radical (unpaired) electrons. The average molecular weight is 335 g/mol. The lowest BCUT2D eigenvalue weighted by Crippen LogP contribution is -2.28. The van der Waals surface area contributed by atoms with E-state index in [-0.39, 0.29) is 0 Å². The van der Waals surface area contributed by atoms with Crippen LogP contribution in [0.5, 0.6) is 0 Å². The molecule has 3 N–H and O–H groups in total. The molecule has 0 amide bonds. The van der Waals surface area contributed by atoms with Crippen molar-refractivity contribution >= 4 is 23.3 Å². The highest BCUT2D eigenvalue weighted by Crippen LogP contribution is 2.27. The minimum absolute atomic E-state index is 0.593. The van der Waals surface area contributed by atoms with Gasteiger partial charge < -0.3 is 15.5 Å². The average Bonchev–Trinajstić information content (AvgIpc) is 3.00. The van der Waals surface area contributed by atoms with Crippen molar-refractivity contribution in [3.8, 4) is 0 Å². The fraction of sp³-hybridized carbons (Fsp3) is 0.278. The molecule has 0 atom stereocenters. The van der Waals surface area contributed by atoms with E-state index in [4.69, 9.17) is 9.97 Å². The largest absolute Gasteiger partial charge is 0.324 e. The molecule has 0 saturated heterocycles. The summed E-state index contributed by atoms with van der Waals surface area (Å²) in [4.78, 5) is 11.7. The molecule has 1 aliphatic rings. The van der Waals surface area contributed by atoms with Crippen LogP contribution in [-0.4, -0.2) is 38.7 Å². The van der Waals surface area contributed by atoms with Gasteiger partial charge in [0.05, 0.1) is 5.69 Å². The van der Waals surface area contributed by atoms with Gasteiger partial charge in [-0.3, -0.25) is 5.10 Å². The predicted molar refractivity (Wildman–Crippen MR) is 98.4 cm³/mol. The van der Waals surface area contributed by atoms with Gasteiger partial charge in [-0.05, 0) is 32.5 Å². The number of likely N-dealkylation sites (N-methyl/N-ethyl adjacent to an activating group) is 1. The molecule has 2 aromatic heterocycles. The molecule has 0 spiro atoms. The van der Waals surface area contributed by atoms with Gasteiger partial charge in [-0.15, -0.1) is 0 Å². The van der Waals surface area contributed by atoms with Crippen LogP contribution in [-0.2, 0) is 13.0 Å². The molecule has 3 heterocycles. The first-order chi connectivity index (χ1) is 12.2. The number of para-hydroxylation sites is 1. The fourth-order valence-electron chi connectivity index (χ4n) is 2.97. The van der Waals surface area contributed by atoms with E-state index in [2.05, 4.69) is 32.8 Å². The highest BCUT2D eigenvalue weighted by molar-refractivity contribution is 5.62. The van der Waals surface area contributed by atoms with Crippen molar-refractivity contribution in [3.63, 3.8) is 0 Å². The summed E-state index contributed by atoms with van der Waals surface area (Å²) < 4.78 is 0. The Hall–Kier alpha value is -2.93. The van der Waals surface area contributed by atoms with Crippen molar-refractivity contribution in [2.24, 2.45) is 0 Å². The lowest BCUT2D eigenvalue weighted by Gasteiger charge is -2.26. The highest BCUT2D eigenvalue weighted by Gasteiger charge is 2.21. The zero-order chi connectivity index (χ0) is 17.2. The maximum Gasteiger partial charge on any atom is 0.229 e. The minimum Gasteiger partial charge on any atom is -0.324 e. The predicted octanol–water partition coefficient (Wildman–Crippen LogP) is 2.98. The zero-order valence-corrected chi connectivity index (χ0v) is 14.4. The van der Waals surface area contributed by atoms with E-state index < -0.39 is 0 Å². The van der Waals surface area contributed by atoms with Gasteiger partial charge >= 0.3 is 0 Å². The Morgan fingerprint density at radius 1 is 1.12 bits per heavy atom. The summed E-state index contributed by atoms with van der Waals surface area (Å²) in [6.07, 6.45) is 0.920. The van der Waals surface area contributed by atoms with Crippen LogP contribution in [0.2, 0.25) is 0 Å². The third-order valence-electron chi connectivity index (χ3n) is 4.24. The summed E-state index contributed by atoms with van der Waals surface area (Å²) >= 11 is 0. The molecule has 25 heavy (non-hydrogen) atoms. The normalized spacial score (nSPS) is 14.2. The van der Waals surface area contributed by atoms with Crippen LogP contribution in [0.15, 0.2) is 36.4 Å². The van der Waals surface area contributed by atoms with Crippen molar-refractivity contribution in [3.05, 3.63) is 53.3 Å². The molecule has 7 heteroatoms. The number of aromatic amines is 1. The first-order valence-corrected chi connectivity index (χ1v) is 8.37. The van der Waals surface area contributed by atoms with Gasteiger partial charge in [0.25, 0.3) is 0 Å². The number of hydrogen-bond acceptors (Lipinski definition) is 6. The van der Waals surface area contributed by atoms with Gasteiger partial charge in [-0.25, -0.2) is 4.98 Å². The summed E-state index contributed by atoms with van der Waals surface area (Å²) in [5.41, 5.74) is 4.19. The zero-order valence-electron chi connectivity index (χ0n) is 14.4. The number of nitrogens with zero attached hydrogens (tertiary/aromatic N) is 4. The molecular formula is C18H21N7. The van der Waals surface area contributed by atoms with E-state index in [1.807, 2.05) is 43.3 Å². The van der Waals surface area contributed by atoms with Crippen molar-refractivity contribution in [2.45, 2.75) is 19.9 Å². The van der Waals surface area contributed by atoms with Gasteiger partial charge in [0.15, 0.2) is 5.82 Å². The van der Waals surface area contributed by atoms with E-state index in [0.717, 1.165) is 53.8 Å². The Bertz CT molecular complexity index is 872. The standard InChI is InChI=1S/C18H21N7/c1-12-10-16(24-23-12)21-17-14-8-9-25(2)11-15(14)20-18(22-17)19-13-6-4-3-5-7-13/h3-7,10H,8-9,11H2,1-2H3,(H3,19,20,21,22,23,24). The SMILES string of the molecule is Cc1cc(Nc2nc(Nc3ccccc3)nc3c2CCN(C)C3)n[nH]1. The summed E-state index contributed by atoms with van der Waals surface area (Å²) in [6.45, 7) is 3.79. The third kappa shape index (κ3) is 3.46. The van der Waals surface area contributed by atoms with Crippen LogP contribution < -0.4 is 10.6 Å². The number of rotatable bonds is 4. The lowest BCUT2D eigenvalue weighted by molar-refractivity contribution is 0.307. The molecule has 7 nitrogen and oxygen atoms in total. The Morgan fingerprint density at radius 2 is 1.96 bits per heavy atom. The van der Waals surface area contributed by atoms with Crippen LogP contribution in [0.1, 0.15) is 17.0 Å². The smallest absolute Gasteiger partial charge is 0.229 e. The van der Waals surface area contributed by atoms with Crippen molar-refractivity contribution in [2.75, 3.05) is 24.2 Å². The molecule has 0 aliphatic carbocycles. The molecule has 0 bridgehead atoms. The second kappa shape index (κ2) is 6.52. The quantitative estimate of drug-likeness (QED) is 0.680. The molecule has 3 aromatic rings. The first-order valence-electron chi connectivity index (χ1n) is 8.37. The Morgan fingerprint density at radius 3 is 2.72 bits per heavy atom. The fourth-order valence-corrected chi connectivity index (χ4v) is 2.97. The number of fused-ring (bicyclic) bond motifs is 1. The maximum absolute atomic E-state index is 4.73. The highest BCUT2D eigenvalue weighted by atomic mass is 15.2. The second-order valence-electron chi connectivity index (χ2n) is 6.36. The summed E-state index contributed by atoms with van der Waals surface area (Å²) in [7, 11) is 2.11. The van der Waals surface area contributed by atoms with Crippen molar-refractivity contribution in [1.29, 1.82) is 0 Å². The van der Waals surface area contributed by atoms with Gasteiger partial charge in [-0.1, -0.05) is 18.2 Å². The molecule has 128 valence electrons. The third-order valence-corrected chi connectivity index (χ3v) is 4.24.